The molecule has 0 saturated heterocycles. The molecule has 5 nitrogen and oxygen atoms in total. The van der Waals surface area contributed by atoms with Gasteiger partial charge in [-0.05, 0) is 31.5 Å². The molecule has 1 heterocycles. The van der Waals surface area contributed by atoms with Crippen molar-refractivity contribution in [2.24, 2.45) is 0 Å². The molecule has 0 unspecified atom stereocenters. The third kappa shape index (κ3) is 3.08. The second-order valence-corrected chi connectivity index (χ2v) is 5.13. The van der Waals surface area contributed by atoms with E-state index in [1.807, 2.05) is 18.2 Å². The summed E-state index contributed by atoms with van der Waals surface area (Å²) in [6, 6.07) is 5.48. The molecule has 1 atom stereocenters. The Morgan fingerprint density at radius 3 is 2.90 bits per heavy atom. The SMILES string of the molecule is CCOC(=O)c1cnn(-c2ccc([C@@H](C)O)c(Br)c2)c1. The summed E-state index contributed by atoms with van der Waals surface area (Å²) in [5.74, 6) is -0.390. The van der Waals surface area contributed by atoms with E-state index < -0.39 is 12.1 Å². The number of hydrogen-bond acceptors (Lipinski definition) is 4. The van der Waals surface area contributed by atoms with Gasteiger partial charge in [-0.1, -0.05) is 22.0 Å². The van der Waals surface area contributed by atoms with Gasteiger partial charge in [0, 0.05) is 10.7 Å². The summed E-state index contributed by atoms with van der Waals surface area (Å²) >= 11 is 3.41. The average molecular weight is 339 g/mol. The van der Waals surface area contributed by atoms with Gasteiger partial charge in [0.2, 0.25) is 0 Å². The lowest BCUT2D eigenvalue weighted by molar-refractivity contribution is 0.0526. The lowest BCUT2D eigenvalue weighted by atomic mass is 10.1. The van der Waals surface area contributed by atoms with Crippen LogP contribution in [0.4, 0.5) is 0 Å². The number of benzene rings is 1. The number of ether oxygens (including phenoxy) is 1. The highest BCUT2D eigenvalue weighted by molar-refractivity contribution is 9.10. The topological polar surface area (TPSA) is 64.3 Å². The molecule has 20 heavy (non-hydrogen) atoms. The van der Waals surface area contributed by atoms with Gasteiger partial charge in [0.1, 0.15) is 0 Å². The van der Waals surface area contributed by atoms with Gasteiger partial charge in [-0.2, -0.15) is 5.10 Å². The number of halogens is 1. The summed E-state index contributed by atoms with van der Waals surface area (Å²) in [4.78, 5) is 11.6. The number of esters is 1. The quantitative estimate of drug-likeness (QED) is 0.870. The molecular weight excluding hydrogens is 324 g/mol. The number of aromatic nitrogens is 2. The molecule has 0 fully saturated rings. The van der Waals surface area contributed by atoms with Crippen LogP contribution in [0.2, 0.25) is 0 Å². The predicted octanol–water partition coefficient (Wildman–Crippen LogP) is 2.86. The molecule has 0 radical (unpaired) electrons. The molecule has 6 heteroatoms. The van der Waals surface area contributed by atoms with Crippen molar-refractivity contribution in [3.05, 3.63) is 46.2 Å². The summed E-state index contributed by atoms with van der Waals surface area (Å²) < 4.78 is 7.29. The van der Waals surface area contributed by atoms with Crippen LogP contribution >= 0.6 is 15.9 Å². The van der Waals surface area contributed by atoms with Crippen LogP contribution in [0, 0.1) is 0 Å². The van der Waals surface area contributed by atoms with E-state index >= 15 is 0 Å². The Kier molecular flexibility index (Phi) is 4.57. The highest BCUT2D eigenvalue weighted by Gasteiger charge is 2.12. The molecule has 0 bridgehead atoms. The van der Waals surface area contributed by atoms with Crippen molar-refractivity contribution in [3.8, 4) is 5.69 Å². The van der Waals surface area contributed by atoms with E-state index in [0.717, 1.165) is 15.7 Å². The van der Waals surface area contributed by atoms with E-state index in [-0.39, 0.29) is 0 Å². The van der Waals surface area contributed by atoms with E-state index in [2.05, 4.69) is 21.0 Å². The van der Waals surface area contributed by atoms with Crippen LogP contribution in [0.3, 0.4) is 0 Å². The van der Waals surface area contributed by atoms with Crippen LogP contribution in [-0.2, 0) is 4.74 Å². The minimum absolute atomic E-state index is 0.332. The van der Waals surface area contributed by atoms with E-state index in [1.54, 1.807) is 24.7 Å². The third-order valence-corrected chi connectivity index (χ3v) is 3.48. The molecule has 106 valence electrons. The van der Waals surface area contributed by atoms with Crippen LogP contribution in [0.25, 0.3) is 5.69 Å². The fourth-order valence-corrected chi connectivity index (χ4v) is 2.48. The third-order valence-electron chi connectivity index (χ3n) is 2.79. The summed E-state index contributed by atoms with van der Waals surface area (Å²) in [7, 11) is 0. The molecule has 2 rings (SSSR count). The van der Waals surface area contributed by atoms with Gasteiger partial charge in [-0.3, -0.25) is 0 Å². The maximum absolute atomic E-state index is 11.6. The van der Waals surface area contributed by atoms with Gasteiger partial charge in [0.05, 0.1) is 30.2 Å². The first-order valence-electron chi connectivity index (χ1n) is 6.22. The molecular formula is C14H15BrN2O3. The number of nitrogens with zero attached hydrogens (tertiary/aromatic N) is 2. The summed E-state index contributed by atoms with van der Waals surface area (Å²) in [5, 5.41) is 13.7. The summed E-state index contributed by atoms with van der Waals surface area (Å²) in [6.07, 6.45) is 2.53. The highest BCUT2D eigenvalue weighted by Crippen LogP contribution is 2.25. The molecule has 0 aliphatic carbocycles. The van der Waals surface area contributed by atoms with Gasteiger partial charge >= 0.3 is 5.97 Å². The molecule has 0 saturated carbocycles. The average Bonchev–Trinajstić information content (AvgIpc) is 2.88. The molecule has 0 spiro atoms. The minimum atomic E-state index is -0.550. The maximum atomic E-state index is 11.6. The molecule has 0 amide bonds. The van der Waals surface area contributed by atoms with E-state index in [9.17, 15) is 9.90 Å². The Hall–Kier alpha value is -1.66. The molecule has 2 aromatic rings. The second-order valence-electron chi connectivity index (χ2n) is 4.28. The van der Waals surface area contributed by atoms with Crippen molar-refractivity contribution >= 4 is 21.9 Å². The first-order chi connectivity index (χ1) is 9.52. The molecule has 1 aromatic heterocycles. The van der Waals surface area contributed by atoms with Crippen molar-refractivity contribution < 1.29 is 14.6 Å². The van der Waals surface area contributed by atoms with Crippen molar-refractivity contribution in [2.75, 3.05) is 6.61 Å². The van der Waals surface area contributed by atoms with E-state index in [4.69, 9.17) is 4.74 Å². The number of aliphatic hydroxyl groups is 1. The zero-order chi connectivity index (χ0) is 14.7. The second kappa shape index (κ2) is 6.19. The summed E-state index contributed by atoms with van der Waals surface area (Å²) in [5.41, 5.74) is 1.99. The Morgan fingerprint density at radius 1 is 1.55 bits per heavy atom. The van der Waals surface area contributed by atoms with Crippen molar-refractivity contribution in [1.82, 2.24) is 9.78 Å². The van der Waals surface area contributed by atoms with Gasteiger partial charge in [0.25, 0.3) is 0 Å². The van der Waals surface area contributed by atoms with Gasteiger partial charge in [-0.25, -0.2) is 9.48 Å². The number of carbonyl (C=O) groups is 1. The first-order valence-corrected chi connectivity index (χ1v) is 7.02. The summed E-state index contributed by atoms with van der Waals surface area (Å²) in [6.45, 7) is 3.79. The van der Waals surface area contributed by atoms with Crippen molar-refractivity contribution in [2.45, 2.75) is 20.0 Å². The van der Waals surface area contributed by atoms with Crippen molar-refractivity contribution in [3.63, 3.8) is 0 Å². The largest absolute Gasteiger partial charge is 0.462 e. The fourth-order valence-electron chi connectivity index (χ4n) is 1.78. The zero-order valence-electron chi connectivity index (χ0n) is 11.2. The Morgan fingerprint density at radius 2 is 2.30 bits per heavy atom. The van der Waals surface area contributed by atoms with Crippen LogP contribution in [0.1, 0.15) is 35.9 Å². The fraction of sp³-hybridized carbons (Fsp3) is 0.286. The molecule has 0 aliphatic heterocycles. The highest BCUT2D eigenvalue weighted by atomic mass is 79.9. The van der Waals surface area contributed by atoms with Crippen LogP contribution in [-0.4, -0.2) is 27.5 Å². The maximum Gasteiger partial charge on any atom is 0.341 e. The number of rotatable bonds is 4. The standard InChI is InChI=1S/C14H15BrN2O3/c1-3-20-14(19)10-7-16-17(8-10)11-4-5-12(9(2)18)13(15)6-11/h4-9,18H,3H2,1-2H3/t9-/m1/s1. The lowest BCUT2D eigenvalue weighted by Crippen LogP contribution is -2.03. The molecule has 1 N–H and O–H groups in total. The van der Waals surface area contributed by atoms with Gasteiger partial charge in [0.15, 0.2) is 0 Å². The lowest BCUT2D eigenvalue weighted by Gasteiger charge is -2.09. The Labute approximate surface area is 125 Å². The van der Waals surface area contributed by atoms with Gasteiger partial charge < -0.3 is 9.84 Å². The van der Waals surface area contributed by atoms with E-state index in [0.29, 0.717) is 12.2 Å². The van der Waals surface area contributed by atoms with Crippen molar-refractivity contribution in [1.29, 1.82) is 0 Å². The number of carbonyl (C=O) groups excluding carboxylic acids is 1. The Bertz CT molecular complexity index is 623. The normalized spacial score (nSPS) is 12.2. The van der Waals surface area contributed by atoms with Gasteiger partial charge in [-0.15, -0.1) is 0 Å². The zero-order valence-corrected chi connectivity index (χ0v) is 12.8. The van der Waals surface area contributed by atoms with Crippen LogP contribution in [0.5, 0.6) is 0 Å². The monoisotopic (exact) mass is 338 g/mol. The minimum Gasteiger partial charge on any atom is -0.462 e. The van der Waals surface area contributed by atoms with E-state index in [1.165, 1.54) is 6.20 Å². The predicted molar refractivity (Wildman–Crippen MR) is 77.9 cm³/mol. The number of aliphatic hydroxyl groups excluding tert-OH is 1. The number of hydrogen-bond donors (Lipinski definition) is 1. The Balaban J connectivity index is 2.28. The smallest absolute Gasteiger partial charge is 0.341 e. The molecule has 1 aromatic carbocycles. The first kappa shape index (κ1) is 14.7. The molecule has 0 aliphatic rings. The van der Waals surface area contributed by atoms with Crippen LogP contribution in [0.15, 0.2) is 35.1 Å². The van der Waals surface area contributed by atoms with Crippen LogP contribution < -0.4 is 0 Å².